The lowest BCUT2D eigenvalue weighted by Crippen LogP contribution is -2.21. The van der Waals surface area contributed by atoms with Crippen LogP contribution >= 0.6 is 34.8 Å². The largest absolute Gasteiger partial charge is 0.324 e. The summed E-state index contributed by atoms with van der Waals surface area (Å²) < 4.78 is 14.5. The summed E-state index contributed by atoms with van der Waals surface area (Å²) in [5.74, 6) is -1.60. The van der Waals surface area contributed by atoms with Gasteiger partial charge in [0.25, 0.3) is 5.91 Å². The summed E-state index contributed by atoms with van der Waals surface area (Å²) in [6.07, 6.45) is 0. The van der Waals surface area contributed by atoms with Crippen molar-refractivity contribution in [3.05, 3.63) is 68.7 Å². The molecule has 1 heterocycles. The lowest BCUT2D eigenvalue weighted by Gasteiger charge is -2.08. The lowest BCUT2D eigenvalue weighted by atomic mass is 10.2. The van der Waals surface area contributed by atoms with E-state index in [1.54, 1.807) is 19.1 Å². The number of amides is 2. The Morgan fingerprint density at radius 3 is 2.55 bits per heavy atom. The summed E-state index contributed by atoms with van der Waals surface area (Å²) in [4.78, 5) is 24.7. The van der Waals surface area contributed by atoms with Gasteiger partial charge in [-0.2, -0.15) is 0 Å². The zero-order valence-corrected chi connectivity index (χ0v) is 17.1. The van der Waals surface area contributed by atoms with E-state index in [0.29, 0.717) is 27.1 Å². The number of carbonyl (C=O) groups excluding carboxylic acids is 2. The van der Waals surface area contributed by atoms with E-state index in [1.807, 2.05) is 0 Å². The molecule has 0 unspecified atom stereocenters. The van der Waals surface area contributed by atoms with Gasteiger partial charge in [-0.05, 0) is 43.3 Å². The maximum absolute atomic E-state index is 13.2. The average Bonchev–Trinajstić information content (AvgIpc) is 3.02. The van der Waals surface area contributed by atoms with E-state index in [0.717, 1.165) is 6.07 Å². The Morgan fingerprint density at radius 2 is 1.83 bits per heavy atom. The van der Waals surface area contributed by atoms with Gasteiger partial charge in [0, 0.05) is 10.7 Å². The Bertz CT molecular complexity index is 1100. The van der Waals surface area contributed by atoms with Crippen molar-refractivity contribution in [3.8, 4) is 0 Å². The topological polar surface area (TPSA) is 88.9 Å². The van der Waals surface area contributed by atoms with E-state index < -0.39 is 17.6 Å². The predicted molar refractivity (Wildman–Crippen MR) is 109 cm³/mol. The fraction of sp³-hybridized carbons (Fsp3) is 0.111. The first kappa shape index (κ1) is 21.0. The first-order valence-electron chi connectivity index (χ1n) is 8.16. The minimum absolute atomic E-state index is 0.0265. The molecular formula is C18H13Cl3FN5O2. The first-order chi connectivity index (χ1) is 13.7. The van der Waals surface area contributed by atoms with Crippen molar-refractivity contribution in [2.45, 2.75) is 13.5 Å². The molecule has 7 nitrogen and oxygen atoms in total. The highest BCUT2D eigenvalue weighted by Crippen LogP contribution is 2.26. The van der Waals surface area contributed by atoms with Crippen molar-refractivity contribution < 1.29 is 14.0 Å². The number of carbonyl (C=O) groups is 2. The fourth-order valence-corrected chi connectivity index (χ4v) is 2.92. The molecule has 11 heteroatoms. The molecule has 0 aliphatic heterocycles. The number of anilines is 2. The Morgan fingerprint density at radius 1 is 1.07 bits per heavy atom. The number of hydrogen-bond acceptors (Lipinski definition) is 4. The summed E-state index contributed by atoms with van der Waals surface area (Å²) in [5.41, 5.74) is 1.04. The molecule has 29 heavy (non-hydrogen) atoms. The summed E-state index contributed by atoms with van der Waals surface area (Å²) in [7, 11) is 0. The monoisotopic (exact) mass is 455 g/mol. The van der Waals surface area contributed by atoms with E-state index in [-0.39, 0.29) is 17.3 Å². The van der Waals surface area contributed by atoms with Gasteiger partial charge in [0.1, 0.15) is 12.4 Å². The van der Waals surface area contributed by atoms with Gasteiger partial charge in [-0.15, -0.1) is 5.10 Å². The highest BCUT2D eigenvalue weighted by molar-refractivity contribution is 6.35. The van der Waals surface area contributed by atoms with Crippen molar-refractivity contribution in [3.63, 3.8) is 0 Å². The first-order valence-corrected chi connectivity index (χ1v) is 9.29. The van der Waals surface area contributed by atoms with Gasteiger partial charge in [0.2, 0.25) is 5.91 Å². The maximum Gasteiger partial charge on any atom is 0.278 e. The molecular weight excluding hydrogens is 444 g/mol. The average molecular weight is 457 g/mol. The summed E-state index contributed by atoms with van der Waals surface area (Å²) >= 11 is 17.6. The molecule has 3 rings (SSSR count). The Balaban J connectivity index is 1.69. The number of aromatic nitrogens is 3. The Hall–Kier alpha value is -2.68. The number of halogens is 4. The molecule has 3 aromatic rings. The summed E-state index contributed by atoms with van der Waals surface area (Å²) in [5, 5.41) is 13.4. The zero-order chi connectivity index (χ0) is 21.1. The van der Waals surface area contributed by atoms with Crippen LogP contribution in [-0.2, 0) is 11.3 Å². The molecule has 0 radical (unpaired) electrons. The van der Waals surface area contributed by atoms with E-state index >= 15 is 0 Å². The Kier molecular flexibility index (Phi) is 6.36. The zero-order valence-electron chi connectivity index (χ0n) is 14.8. The molecule has 0 bridgehead atoms. The van der Waals surface area contributed by atoms with Crippen molar-refractivity contribution >= 4 is 58.0 Å². The third-order valence-corrected chi connectivity index (χ3v) is 4.73. The van der Waals surface area contributed by atoms with Gasteiger partial charge in [-0.25, -0.2) is 9.07 Å². The third-order valence-electron chi connectivity index (χ3n) is 3.87. The number of nitrogens with one attached hydrogen (secondary N) is 2. The molecule has 2 aromatic carbocycles. The van der Waals surface area contributed by atoms with Crippen LogP contribution in [0, 0.1) is 12.7 Å². The van der Waals surface area contributed by atoms with Gasteiger partial charge < -0.3 is 10.6 Å². The molecule has 0 aliphatic carbocycles. The Labute approximate surface area is 179 Å². The van der Waals surface area contributed by atoms with Crippen molar-refractivity contribution in [2.75, 3.05) is 10.6 Å². The quantitative estimate of drug-likeness (QED) is 0.588. The molecule has 150 valence electrons. The van der Waals surface area contributed by atoms with Gasteiger partial charge in [-0.1, -0.05) is 40.0 Å². The fourth-order valence-electron chi connectivity index (χ4n) is 2.41. The van der Waals surface area contributed by atoms with Crippen LogP contribution in [0.1, 0.15) is 16.2 Å². The molecule has 0 saturated heterocycles. The summed E-state index contributed by atoms with van der Waals surface area (Å²) in [6.45, 7) is 1.38. The molecule has 2 amide bonds. The van der Waals surface area contributed by atoms with Crippen LogP contribution in [0.25, 0.3) is 0 Å². The van der Waals surface area contributed by atoms with Crippen LogP contribution in [0.2, 0.25) is 15.1 Å². The van der Waals surface area contributed by atoms with E-state index in [9.17, 15) is 14.0 Å². The molecule has 0 fully saturated rings. The molecule has 2 N–H and O–H groups in total. The summed E-state index contributed by atoms with van der Waals surface area (Å²) in [6, 6.07) is 8.45. The second-order valence-electron chi connectivity index (χ2n) is 5.94. The number of nitrogens with zero attached hydrogens (tertiary/aromatic N) is 3. The molecule has 0 aliphatic rings. The van der Waals surface area contributed by atoms with Crippen LogP contribution < -0.4 is 10.6 Å². The number of hydrogen-bond donors (Lipinski definition) is 2. The van der Waals surface area contributed by atoms with Gasteiger partial charge in [-0.3, -0.25) is 9.59 Å². The SMILES string of the molecule is Cc1c(C(=O)Nc2cc(Cl)ccc2Cl)nnn1CC(=O)Nc1ccc(F)c(Cl)c1. The smallest absolute Gasteiger partial charge is 0.278 e. The second-order valence-corrected chi connectivity index (χ2v) is 7.19. The normalized spacial score (nSPS) is 10.7. The number of benzene rings is 2. The second kappa shape index (κ2) is 8.77. The molecule has 1 aromatic heterocycles. The van der Waals surface area contributed by atoms with Gasteiger partial charge in [0.15, 0.2) is 5.69 Å². The van der Waals surface area contributed by atoms with Crippen LogP contribution in [0.5, 0.6) is 0 Å². The predicted octanol–water partition coefficient (Wildman–Crippen LogP) is 4.58. The standard InChI is InChI=1S/C18H13Cl3FN5O2/c1-9-17(18(29)24-15-6-10(19)2-4-12(15)20)25-26-27(9)8-16(28)23-11-3-5-14(22)13(21)7-11/h2-7H,8H2,1H3,(H,23,28)(H,24,29). The highest BCUT2D eigenvalue weighted by atomic mass is 35.5. The van der Waals surface area contributed by atoms with E-state index in [2.05, 4.69) is 20.9 Å². The lowest BCUT2D eigenvalue weighted by molar-refractivity contribution is -0.117. The number of rotatable bonds is 5. The minimum atomic E-state index is -0.591. The molecule has 0 atom stereocenters. The maximum atomic E-state index is 13.2. The molecule has 0 saturated carbocycles. The van der Waals surface area contributed by atoms with Crippen LogP contribution in [0.4, 0.5) is 15.8 Å². The highest BCUT2D eigenvalue weighted by Gasteiger charge is 2.19. The van der Waals surface area contributed by atoms with Gasteiger partial charge >= 0.3 is 0 Å². The third kappa shape index (κ3) is 5.03. The van der Waals surface area contributed by atoms with E-state index in [1.165, 1.54) is 22.9 Å². The molecule has 0 spiro atoms. The minimum Gasteiger partial charge on any atom is -0.324 e. The van der Waals surface area contributed by atoms with Crippen LogP contribution in [0.3, 0.4) is 0 Å². The van der Waals surface area contributed by atoms with E-state index in [4.69, 9.17) is 34.8 Å². The van der Waals surface area contributed by atoms with Crippen LogP contribution in [-0.4, -0.2) is 26.8 Å². The van der Waals surface area contributed by atoms with Crippen molar-refractivity contribution in [1.29, 1.82) is 0 Å². The van der Waals surface area contributed by atoms with Gasteiger partial charge in [0.05, 0.1) is 21.4 Å². The van der Waals surface area contributed by atoms with Crippen molar-refractivity contribution in [1.82, 2.24) is 15.0 Å². The van der Waals surface area contributed by atoms with Crippen molar-refractivity contribution in [2.24, 2.45) is 0 Å². The van der Waals surface area contributed by atoms with Crippen LogP contribution in [0.15, 0.2) is 36.4 Å².